The molecule has 0 aliphatic carbocycles. The van der Waals surface area contributed by atoms with Crippen LogP contribution >= 0.6 is 0 Å². The molecule has 0 saturated carbocycles. The number of fused-ring (bicyclic) bond motifs is 1. The van der Waals surface area contributed by atoms with E-state index in [0.717, 1.165) is 11.1 Å². The average Bonchev–Trinajstić information content (AvgIpc) is 2.47. The summed E-state index contributed by atoms with van der Waals surface area (Å²) in [5, 5.41) is 15.7. The highest BCUT2D eigenvalue weighted by molar-refractivity contribution is 6.05. The molecular formula is C16H18N4O. The predicted octanol–water partition coefficient (Wildman–Crippen LogP) is 3.17. The Bertz CT molecular complexity index is 732. The van der Waals surface area contributed by atoms with Gasteiger partial charge in [-0.25, -0.2) is 0 Å². The summed E-state index contributed by atoms with van der Waals surface area (Å²) in [5.41, 5.74) is 11.0. The molecule has 2 rings (SSSR count). The minimum absolute atomic E-state index is 0.170. The van der Waals surface area contributed by atoms with E-state index in [0.29, 0.717) is 16.8 Å². The largest absolute Gasteiger partial charge is 0.507 e. The van der Waals surface area contributed by atoms with Crippen LogP contribution in [0.2, 0.25) is 0 Å². The van der Waals surface area contributed by atoms with Gasteiger partial charge >= 0.3 is 0 Å². The molecule has 0 spiro atoms. The minimum atomic E-state index is 0.170. The van der Waals surface area contributed by atoms with E-state index in [1.54, 1.807) is 43.6 Å². The first-order valence-electron chi connectivity index (χ1n) is 6.52. The van der Waals surface area contributed by atoms with Crippen molar-refractivity contribution in [1.82, 2.24) is 0 Å². The van der Waals surface area contributed by atoms with Crippen LogP contribution in [-0.2, 0) is 0 Å². The number of anilines is 2. The molecule has 0 atom stereocenters. The van der Waals surface area contributed by atoms with E-state index in [2.05, 4.69) is 15.5 Å². The summed E-state index contributed by atoms with van der Waals surface area (Å²) in [6.07, 6.45) is 5.32. The average molecular weight is 282 g/mol. The fourth-order valence-corrected chi connectivity index (χ4v) is 1.96. The molecule has 5 heteroatoms. The van der Waals surface area contributed by atoms with Crippen molar-refractivity contribution in [3.63, 3.8) is 0 Å². The summed E-state index contributed by atoms with van der Waals surface area (Å²) in [6.45, 7) is 1.87. The van der Waals surface area contributed by atoms with Crippen molar-refractivity contribution >= 4 is 34.1 Å². The summed E-state index contributed by atoms with van der Waals surface area (Å²) in [7, 11) is 1.71. The number of phenolic OH excluding ortho intramolecular Hbond substituents is 1. The first-order chi connectivity index (χ1) is 10.1. The third-order valence-electron chi connectivity index (χ3n) is 2.98. The lowest BCUT2D eigenvalue weighted by molar-refractivity contribution is 0.482. The second kappa shape index (κ2) is 6.56. The van der Waals surface area contributed by atoms with Crippen LogP contribution in [0.3, 0.4) is 0 Å². The molecule has 0 heterocycles. The van der Waals surface area contributed by atoms with Crippen LogP contribution in [0, 0.1) is 0 Å². The summed E-state index contributed by atoms with van der Waals surface area (Å²) < 4.78 is 0. The van der Waals surface area contributed by atoms with E-state index >= 15 is 0 Å². The lowest BCUT2D eigenvalue weighted by Crippen LogP contribution is -1.97. The minimum Gasteiger partial charge on any atom is -0.507 e. The van der Waals surface area contributed by atoms with E-state index in [1.165, 1.54) is 0 Å². The molecule has 108 valence electrons. The topological polar surface area (TPSA) is 83.0 Å². The predicted molar refractivity (Wildman–Crippen MR) is 90.3 cm³/mol. The Morgan fingerprint density at radius 1 is 1.29 bits per heavy atom. The number of allylic oxidation sites excluding steroid dienone is 2. The quantitative estimate of drug-likeness (QED) is 0.457. The number of nitrogens with one attached hydrogen (secondary N) is 1. The number of aromatic hydroxyl groups is 1. The maximum atomic E-state index is 10.0. The van der Waals surface area contributed by atoms with Gasteiger partial charge in [-0.15, -0.1) is 0 Å². The normalized spacial score (nSPS) is 12.6. The highest BCUT2D eigenvalue weighted by atomic mass is 16.3. The van der Waals surface area contributed by atoms with Crippen molar-refractivity contribution in [3.05, 3.63) is 42.5 Å². The van der Waals surface area contributed by atoms with Gasteiger partial charge in [0.15, 0.2) is 0 Å². The van der Waals surface area contributed by atoms with Gasteiger partial charge in [-0.2, -0.15) is 5.10 Å². The Morgan fingerprint density at radius 3 is 2.86 bits per heavy atom. The van der Waals surface area contributed by atoms with E-state index < -0.39 is 0 Å². The Morgan fingerprint density at radius 2 is 2.10 bits per heavy atom. The van der Waals surface area contributed by atoms with Gasteiger partial charge in [-0.05, 0) is 37.3 Å². The second-order valence-electron chi connectivity index (χ2n) is 4.53. The number of rotatable bonds is 4. The number of nitrogens with two attached hydrogens (primary N) is 1. The Balaban J connectivity index is 2.35. The molecular weight excluding hydrogens is 264 g/mol. The standard InChI is InChI=1S/C16H18N4O/c1-11(5-4-10-18-2)19-20-14-9-8-13(17)12-6-3-7-15(21)16(12)14/h3-10,20-21H,17H2,1-2H3. The monoisotopic (exact) mass is 282 g/mol. The third-order valence-corrected chi connectivity index (χ3v) is 2.98. The number of phenols is 1. The molecule has 0 saturated heterocycles. The van der Waals surface area contributed by atoms with Crippen LogP contribution in [0.1, 0.15) is 6.92 Å². The smallest absolute Gasteiger partial charge is 0.125 e. The number of hydrogen-bond donors (Lipinski definition) is 3. The van der Waals surface area contributed by atoms with E-state index in [4.69, 9.17) is 5.73 Å². The van der Waals surface area contributed by atoms with Crippen molar-refractivity contribution in [2.24, 2.45) is 10.1 Å². The van der Waals surface area contributed by atoms with Crippen molar-refractivity contribution in [1.29, 1.82) is 0 Å². The van der Waals surface area contributed by atoms with E-state index in [9.17, 15) is 5.11 Å². The van der Waals surface area contributed by atoms with Crippen LogP contribution in [-0.4, -0.2) is 24.1 Å². The van der Waals surface area contributed by atoms with Gasteiger partial charge in [0, 0.05) is 24.3 Å². The molecule has 0 aliphatic rings. The molecule has 0 bridgehead atoms. The Labute approximate surface area is 123 Å². The van der Waals surface area contributed by atoms with Gasteiger partial charge < -0.3 is 10.8 Å². The maximum Gasteiger partial charge on any atom is 0.125 e. The fourth-order valence-electron chi connectivity index (χ4n) is 1.96. The number of hydrazone groups is 1. The lowest BCUT2D eigenvalue weighted by Gasteiger charge is -2.10. The van der Waals surface area contributed by atoms with Gasteiger partial charge in [-0.1, -0.05) is 12.1 Å². The fraction of sp³-hybridized carbons (Fsp3) is 0.125. The van der Waals surface area contributed by atoms with Crippen LogP contribution < -0.4 is 11.2 Å². The molecule has 0 aromatic heterocycles. The van der Waals surface area contributed by atoms with Crippen LogP contribution in [0.15, 0.2) is 52.6 Å². The molecule has 2 aromatic rings. The van der Waals surface area contributed by atoms with Crippen LogP contribution in [0.5, 0.6) is 5.75 Å². The number of aliphatic imine (C=N–C) groups is 1. The third kappa shape index (κ3) is 3.39. The second-order valence-corrected chi connectivity index (χ2v) is 4.53. The molecule has 4 N–H and O–H groups in total. The van der Waals surface area contributed by atoms with Gasteiger partial charge in [0.05, 0.1) is 16.8 Å². The first kappa shape index (κ1) is 14.6. The van der Waals surface area contributed by atoms with Gasteiger partial charge in [-0.3, -0.25) is 10.4 Å². The highest BCUT2D eigenvalue weighted by Crippen LogP contribution is 2.34. The van der Waals surface area contributed by atoms with Crippen molar-refractivity contribution < 1.29 is 5.11 Å². The summed E-state index contributed by atoms with van der Waals surface area (Å²) >= 11 is 0. The van der Waals surface area contributed by atoms with Crippen molar-refractivity contribution in [3.8, 4) is 5.75 Å². The Hall–Kier alpha value is -2.82. The van der Waals surface area contributed by atoms with Crippen molar-refractivity contribution in [2.45, 2.75) is 6.92 Å². The van der Waals surface area contributed by atoms with Crippen molar-refractivity contribution in [2.75, 3.05) is 18.2 Å². The molecule has 5 nitrogen and oxygen atoms in total. The Kier molecular flexibility index (Phi) is 4.56. The van der Waals surface area contributed by atoms with E-state index in [-0.39, 0.29) is 5.75 Å². The van der Waals surface area contributed by atoms with Gasteiger partial charge in [0.1, 0.15) is 5.75 Å². The highest BCUT2D eigenvalue weighted by Gasteiger charge is 2.07. The van der Waals surface area contributed by atoms with E-state index in [1.807, 2.05) is 19.1 Å². The SMILES string of the molecule is CN=CC=CC(C)=NNc1ccc(N)c2cccc(O)c12. The molecule has 0 unspecified atom stereocenters. The molecule has 0 aliphatic heterocycles. The summed E-state index contributed by atoms with van der Waals surface area (Å²) in [4.78, 5) is 3.85. The molecule has 2 aromatic carbocycles. The molecule has 0 radical (unpaired) electrons. The van der Waals surface area contributed by atoms with Crippen LogP contribution in [0.4, 0.5) is 11.4 Å². The number of nitrogen functional groups attached to an aromatic ring is 1. The van der Waals surface area contributed by atoms with Gasteiger partial charge in [0.25, 0.3) is 0 Å². The molecule has 0 fully saturated rings. The number of benzene rings is 2. The number of nitrogens with zero attached hydrogens (tertiary/aromatic N) is 2. The molecule has 0 amide bonds. The number of hydrogen-bond acceptors (Lipinski definition) is 5. The maximum absolute atomic E-state index is 10.0. The first-order valence-corrected chi connectivity index (χ1v) is 6.52. The summed E-state index contributed by atoms with van der Waals surface area (Å²) in [5.74, 6) is 0.170. The van der Waals surface area contributed by atoms with Crippen LogP contribution in [0.25, 0.3) is 10.8 Å². The molecule has 21 heavy (non-hydrogen) atoms. The lowest BCUT2D eigenvalue weighted by atomic mass is 10.1. The summed E-state index contributed by atoms with van der Waals surface area (Å²) in [6, 6.07) is 8.84. The zero-order valence-corrected chi connectivity index (χ0v) is 12.0. The zero-order valence-electron chi connectivity index (χ0n) is 12.0. The zero-order chi connectivity index (χ0) is 15.2. The van der Waals surface area contributed by atoms with Gasteiger partial charge in [0.2, 0.25) is 0 Å².